The van der Waals surface area contributed by atoms with Gasteiger partial charge in [-0.25, -0.2) is 4.98 Å². The lowest BCUT2D eigenvalue weighted by atomic mass is 9.96. The summed E-state index contributed by atoms with van der Waals surface area (Å²) in [6.45, 7) is 3.68. The van der Waals surface area contributed by atoms with E-state index in [-0.39, 0.29) is 11.8 Å². The van der Waals surface area contributed by atoms with E-state index in [4.69, 9.17) is 5.73 Å². The van der Waals surface area contributed by atoms with Crippen molar-refractivity contribution in [2.45, 2.75) is 19.8 Å². The molecule has 1 fully saturated rings. The number of nitrogens with one attached hydrogen (secondary N) is 1. The average Bonchev–Trinajstić information content (AvgIpc) is 2.86. The number of carbonyl (C=O) groups excluding carboxylic acids is 1. The number of nitrogens with zero attached hydrogens (tertiary/aromatic N) is 3. The summed E-state index contributed by atoms with van der Waals surface area (Å²) in [5.74, 6) is 1.39. The van der Waals surface area contributed by atoms with Gasteiger partial charge in [0.05, 0.1) is 5.39 Å². The quantitative estimate of drug-likeness (QED) is 0.902. The summed E-state index contributed by atoms with van der Waals surface area (Å²) in [6.07, 6.45) is 1.58. The number of rotatable bonds is 3. The monoisotopic (exact) mass is 305 g/mol. The normalized spacial score (nSPS) is 16.4. The first-order chi connectivity index (χ1) is 10.1. The number of hydrogen-bond donors (Lipinski definition) is 2. The molecule has 1 amide bonds. The molecule has 0 atom stereocenters. The van der Waals surface area contributed by atoms with Crippen LogP contribution in [0.25, 0.3) is 10.2 Å². The standard InChI is InChI=1S/C14H19N5OS/c1-8-7-10-12(17-14(16-2)18-13(10)21-8)19-5-3-9(4-6-19)11(15)20/h7,9H,3-6H2,1-2H3,(H2,15,20)(H,16,17,18). The third kappa shape index (κ3) is 2.65. The highest BCUT2D eigenvalue weighted by Gasteiger charge is 2.25. The Balaban J connectivity index is 1.94. The Bertz CT molecular complexity index is 675. The molecule has 0 unspecified atom stereocenters. The molecule has 21 heavy (non-hydrogen) atoms. The van der Waals surface area contributed by atoms with E-state index in [9.17, 15) is 4.79 Å². The highest BCUT2D eigenvalue weighted by Crippen LogP contribution is 2.33. The molecule has 7 heteroatoms. The summed E-state index contributed by atoms with van der Waals surface area (Å²) in [4.78, 5) is 24.9. The number of aromatic nitrogens is 2. The van der Waals surface area contributed by atoms with E-state index in [1.54, 1.807) is 11.3 Å². The number of piperidine rings is 1. The molecule has 1 saturated heterocycles. The Kier molecular flexibility index (Phi) is 3.67. The summed E-state index contributed by atoms with van der Waals surface area (Å²) in [7, 11) is 1.82. The molecular formula is C14H19N5OS. The maximum Gasteiger partial charge on any atom is 0.225 e. The van der Waals surface area contributed by atoms with Gasteiger partial charge in [-0.05, 0) is 25.8 Å². The number of primary amides is 1. The van der Waals surface area contributed by atoms with Crippen molar-refractivity contribution in [3.8, 4) is 0 Å². The van der Waals surface area contributed by atoms with Crippen molar-refractivity contribution >= 4 is 39.2 Å². The summed E-state index contributed by atoms with van der Waals surface area (Å²) < 4.78 is 0. The number of fused-ring (bicyclic) bond motifs is 1. The second-order valence-electron chi connectivity index (χ2n) is 5.36. The fourth-order valence-corrected chi connectivity index (χ4v) is 3.63. The lowest BCUT2D eigenvalue weighted by Gasteiger charge is -2.31. The predicted molar refractivity (Wildman–Crippen MR) is 85.8 cm³/mol. The topological polar surface area (TPSA) is 84.1 Å². The maximum absolute atomic E-state index is 11.3. The first-order valence-corrected chi connectivity index (χ1v) is 7.90. The molecule has 2 aromatic rings. The number of nitrogens with two attached hydrogens (primary N) is 1. The summed E-state index contributed by atoms with van der Waals surface area (Å²) >= 11 is 1.67. The molecule has 3 heterocycles. The van der Waals surface area contributed by atoms with Crippen molar-refractivity contribution in [1.29, 1.82) is 0 Å². The second kappa shape index (κ2) is 5.48. The number of amides is 1. The van der Waals surface area contributed by atoms with E-state index >= 15 is 0 Å². The zero-order chi connectivity index (χ0) is 15.0. The summed E-state index contributed by atoms with van der Waals surface area (Å²) in [5.41, 5.74) is 5.40. The van der Waals surface area contributed by atoms with Crippen molar-refractivity contribution in [3.05, 3.63) is 10.9 Å². The minimum Gasteiger partial charge on any atom is -0.369 e. The molecule has 0 bridgehead atoms. The molecule has 1 aliphatic heterocycles. The van der Waals surface area contributed by atoms with Gasteiger partial charge in [0.2, 0.25) is 11.9 Å². The molecule has 0 saturated carbocycles. The fraction of sp³-hybridized carbons (Fsp3) is 0.500. The van der Waals surface area contributed by atoms with Gasteiger partial charge in [-0.3, -0.25) is 4.79 Å². The molecule has 0 aromatic carbocycles. The predicted octanol–water partition coefficient (Wildman–Crippen LogP) is 1.74. The lowest BCUT2D eigenvalue weighted by molar-refractivity contribution is -0.122. The van der Waals surface area contributed by atoms with Crippen LogP contribution in [0.15, 0.2) is 6.07 Å². The van der Waals surface area contributed by atoms with Gasteiger partial charge < -0.3 is 16.0 Å². The van der Waals surface area contributed by atoms with E-state index in [2.05, 4.69) is 33.2 Å². The van der Waals surface area contributed by atoms with E-state index in [0.29, 0.717) is 5.95 Å². The van der Waals surface area contributed by atoms with Crippen LogP contribution in [0.1, 0.15) is 17.7 Å². The number of carbonyl (C=O) groups is 1. The molecular weight excluding hydrogens is 286 g/mol. The molecule has 0 spiro atoms. The van der Waals surface area contributed by atoms with E-state index in [1.807, 2.05) is 7.05 Å². The van der Waals surface area contributed by atoms with Gasteiger partial charge in [-0.2, -0.15) is 4.98 Å². The summed E-state index contributed by atoms with van der Waals surface area (Å²) in [5, 5.41) is 4.11. The van der Waals surface area contributed by atoms with E-state index in [0.717, 1.165) is 42.0 Å². The largest absolute Gasteiger partial charge is 0.369 e. The van der Waals surface area contributed by atoms with Crippen LogP contribution in [-0.4, -0.2) is 36.0 Å². The molecule has 0 radical (unpaired) electrons. The van der Waals surface area contributed by atoms with E-state index < -0.39 is 0 Å². The average molecular weight is 305 g/mol. The van der Waals surface area contributed by atoms with Crippen LogP contribution in [-0.2, 0) is 4.79 Å². The van der Waals surface area contributed by atoms with Crippen molar-refractivity contribution < 1.29 is 4.79 Å². The molecule has 3 rings (SSSR count). The van der Waals surface area contributed by atoms with Crippen molar-refractivity contribution in [2.24, 2.45) is 11.7 Å². The van der Waals surface area contributed by atoms with Crippen LogP contribution >= 0.6 is 11.3 Å². The van der Waals surface area contributed by atoms with Crippen molar-refractivity contribution in [3.63, 3.8) is 0 Å². The van der Waals surface area contributed by atoms with Gasteiger partial charge in [0.15, 0.2) is 0 Å². The van der Waals surface area contributed by atoms with Crippen molar-refractivity contribution in [1.82, 2.24) is 9.97 Å². The highest BCUT2D eigenvalue weighted by molar-refractivity contribution is 7.18. The summed E-state index contributed by atoms with van der Waals surface area (Å²) in [6, 6.07) is 2.13. The minimum atomic E-state index is -0.190. The maximum atomic E-state index is 11.3. The Morgan fingerprint density at radius 1 is 1.43 bits per heavy atom. The van der Waals surface area contributed by atoms with Crippen LogP contribution in [0.4, 0.5) is 11.8 Å². The first-order valence-electron chi connectivity index (χ1n) is 7.08. The van der Waals surface area contributed by atoms with Crippen LogP contribution in [0.2, 0.25) is 0 Å². The molecule has 6 nitrogen and oxygen atoms in total. The highest BCUT2D eigenvalue weighted by atomic mass is 32.1. The van der Waals surface area contributed by atoms with Gasteiger partial charge in [0.25, 0.3) is 0 Å². The molecule has 1 aliphatic rings. The zero-order valence-electron chi connectivity index (χ0n) is 12.2. The fourth-order valence-electron chi connectivity index (χ4n) is 2.76. The second-order valence-corrected chi connectivity index (χ2v) is 6.60. The Morgan fingerprint density at radius 3 is 2.76 bits per heavy atom. The van der Waals surface area contributed by atoms with Crippen molar-refractivity contribution in [2.75, 3.05) is 30.4 Å². The number of thiophene rings is 1. The van der Waals surface area contributed by atoms with Gasteiger partial charge in [0.1, 0.15) is 10.6 Å². The van der Waals surface area contributed by atoms with Crippen LogP contribution in [0.5, 0.6) is 0 Å². The number of hydrogen-bond acceptors (Lipinski definition) is 6. The van der Waals surface area contributed by atoms with Crippen LogP contribution in [0, 0.1) is 12.8 Å². The minimum absolute atomic E-state index is 0.00782. The SMILES string of the molecule is CNc1nc(N2CCC(C(N)=O)CC2)c2cc(C)sc2n1. The van der Waals surface area contributed by atoms with Crippen LogP contribution < -0.4 is 16.0 Å². The Labute approximate surface area is 127 Å². The first kappa shape index (κ1) is 14.1. The van der Waals surface area contributed by atoms with E-state index in [1.165, 1.54) is 4.88 Å². The Hall–Kier alpha value is -1.89. The molecule has 3 N–H and O–H groups in total. The van der Waals surface area contributed by atoms with Gasteiger partial charge >= 0.3 is 0 Å². The third-order valence-corrected chi connectivity index (χ3v) is 4.86. The van der Waals surface area contributed by atoms with Gasteiger partial charge in [-0.15, -0.1) is 11.3 Å². The third-order valence-electron chi connectivity index (χ3n) is 3.92. The molecule has 0 aliphatic carbocycles. The lowest BCUT2D eigenvalue weighted by Crippen LogP contribution is -2.39. The molecule has 112 valence electrons. The molecule has 2 aromatic heterocycles. The number of aryl methyl sites for hydroxylation is 1. The van der Waals surface area contributed by atoms with Gasteiger partial charge in [0, 0.05) is 30.9 Å². The number of anilines is 2. The van der Waals surface area contributed by atoms with Crippen LogP contribution in [0.3, 0.4) is 0 Å². The zero-order valence-corrected chi connectivity index (χ0v) is 13.0. The van der Waals surface area contributed by atoms with Gasteiger partial charge in [-0.1, -0.05) is 0 Å². The Morgan fingerprint density at radius 2 is 2.14 bits per heavy atom. The smallest absolute Gasteiger partial charge is 0.225 e.